The van der Waals surface area contributed by atoms with Crippen LogP contribution in [0.5, 0.6) is 0 Å². The summed E-state index contributed by atoms with van der Waals surface area (Å²) in [7, 11) is 0. The van der Waals surface area contributed by atoms with Crippen molar-refractivity contribution >= 4 is 24.1 Å². The van der Waals surface area contributed by atoms with E-state index in [-0.39, 0.29) is 49.1 Å². The van der Waals surface area contributed by atoms with Gasteiger partial charge in [-0.2, -0.15) is 0 Å². The molecule has 2 saturated heterocycles. The van der Waals surface area contributed by atoms with Gasteiger partial charge in [-0.3, -0.25) is 4.79 Å². The monoisotopic (exact) mass is 419 g/mol. The van der Waals surface area contributed by atoms with Crippen LogP contribution in [0.15, 0.2) is 54.6 Å². The molecule has 31 heavy (non-hydrogen) atoms. The van der Waals surface area contributed by atoms with E-state index < -0.39 is 0 Å². The summed E-state index contributed by atoms with van der Waals surface area (Å²) >= 11 is 0. The fourth-order valence-corrected chi connectivity index (χ4v) is 4.58. The molecular formula is C25H29N3O3. The highest BCUT2D eigenvalue weighted by Crippen LogP contribution is 2.42. The van der Waals surface area contributed by atoms with Gasteiger partial charge in [0.15, 0.2) is 0 Å². The third kappa shape index (κ3) is 4.35. The molecule has 2 aromatic rings. The van der Waals surface area contributed by atoms with Gasteiger partial charge in [0.25, 0.3) is 0 Å². The number of nitrogens with one attached hydrogen (secondary N) is 1. The first-order chi connectivity index (χ1) is 15.0. The van der Waals surface area contributed by atoms with Gasteiger partial charge >= 0.3 is 6.03 Å². The van der Waals surface area contributed by atoms with Gasteiger partial charge < -0.3 is 20.2 Å². The Kier molecular flexibility index (Phi) is 6.09. The average Bonchev–Trinajstić information content (AvgIpc) is 2.74. The Morgan fingerprint density at radius 1 is 1.10 bits per heavy atom. The van der Waals surface area contributed by atoms with E-state index in [1.807, 2.05) is 32.0 Å². The predicted molar refractivity (Wildman–Crippen MR) is 121 cm³/mol. The Balaban J connectivity index is 1.49. The number of carbonyl (C=O) groups is 2. The molecule has 6 nitrogen and oxygen atoms in total. The van der Waals surface area contributed by atoms with E-state index >= 15 is 0 Å². The van der Waals surface area contributed by atoms with Crippen molar-refractivity contribution in [1.82, 2.24) is 15.1 Å². The summed E-state index contributed by atoms with van der Waals surface area (Å²) in [6, 6.07) is 17.8. The molecule has 2 heterocycles. The lowest BCUT2D eigenvalue weighted by Crippen LogP contribution is -2.74. The summed E-state index contributed by atoms with van der Waals surface area (Å²) in [5.74, 6) is -0.0939. The van der Waals surface area contributed by atoms with Crippen LogP contribution >= 0.6 is 0 Å². The highest BCUT2D eigenvalue weighted by molar-refractivity contribution is 5.87. The quantitative estimate of drug-likeness (QED) is 0.732. The number of carbonyl (C=O) groups excluding carboxylic acids is 2. The molecular weight excluding hydrogens is 390 g/mol. The van der Waals surface area contributed by atoms with Crippen LogP contribution in [0.4, 0.5) is 4.79 Å². The predicted octanol–water partition coefficient (Wildman–Crippen LogP) is 2.95. The molecule has 2 N–H and O–H groups in total. The van der Waals surface area contributed by atoms with Gasteiger partial charge in [0.2, 0.25) is 5.91 Å². The highest BCUT2D eigenvalue weighted by Gasteiger charge is 2.54. The molecule has 6 heteroatoms. The Morgan fingerprint density at radius 3 is 2.35 bits per heavy atom. The average molecular weight is 420 g/mol. The maximum atomic E-state index is 12.7. The minimum atomic E-state index is -0.237. The zero-order valence-corrected chi connectivity index (χ0v) is 17.9. The molecule has 2 aliphatic heterocycles. The molecule has 0 aromatic heterocycles. The Labute approximate surface area is 183 Å². The summed E-state index contributed by atoms with van der Waals surface area (Å²) in [6.45, 7) is 4.25. The van der Waals surface area contributed by atoms with E-state index in [2.05, 4.69) is 53.9 Å². The van der Waals surface area contributed by atoms with Crippen LogP contribution in [0, 0.1) is 0 Å². The second-order valence-electron chi connectivity index (χ2n) is 8.54. The number of nitrogens with zero attached hydrogens (tertiary/aromatic N) is 2. The SMILES string of the molecule is CC(C)NC(=O)N1CC(=O)N2[C@H](CO)[C@H](c3ccc(/C=C/c4ccccc4)cc3)[C@@H]2C1. The van der Waals surface area contributed by atoms with Crippen LogP contribution in [-0.4, -0.2) is 64.7 Å². The van der Waals surface area contributed by atoms with Crippen LogP contribution in [0.25, 0.3) is 12.2 Å². The second-order valence-corrected chi connectivity index (χ2v) is 8.54. The van der Waals surface area contributed by atoms with Crippen LogP contribution in [0.2, 0.25) is 0 Å². The minimum absolute atomic E-state index is 0.00996. The van der Waals surface area contributed by atoms with Gasteiger partial charge in [0.1, 0.15) is 6.54 Å². The summed E-state index contributed by atoms with van der Waals surface area (Å²) < 4.78 is 0. The van der Waals surface area contributed by atoms with E-state index in [4.69, 9.17) is 0 Å². The molecule has 0 radical (unpaired) electrons. The lowest BCUT2D eigenvalue weighted by atomic mass is 9.73. The first-order valence-corrected chi connectivity index (χ1v) is 10.8. The van der Waals surface area contributed by atoms with Crippen molar-refractivity contribution < 1.29 is 14.7 Å². The molecule has 2 aromatic carbocycles. The van der Waals surface area contributed by atoms with Gasteiger partial charge in [-0.05, 0) is 30.5 Å². The number of piperazine rings is 1. The van der Waals surface area contributed by atoms with Crippen molar-refractivity contribution in [2.75, 3.05) is 19.7 Å². The fourth-order valence-electron chi connectivity index (χ4n) is 4.58. The van der Waals surface area contributed by atoms with Crippen molar-refractivity contribution in [3.05, 3.63) is 71.3 Å². The molecule has 3 amide bonds. The number of urea groups is 1. The molecule has 3 atom stereocenters. The van der Waals surface area contributed by atoms with E-state index in [1.54, 1.807) is 9.80 Å². The molecule has 0 unspecified atom stereocenters. The van der Waals surface area contributed by atoms with Gasteiger partial charge in [0, 0.05) is 18.5 Å². The maximum absolute atomic E-state index is 12.7. The minimum Gasteiger partial charge on any atom is -0.394 e. The highest BCUT2D eigenvalue weighted by atomic mass is 16.3. The number of hydrogen-bond acceptors (Lipinski definition) is 3. The zero-order chi connectivity index (χ0) is 22.0. The van der Waals surface area contributed by atoms with Crippen LogP contribution in [0.3, 0.4) is 0 Å². The van der Waals surface area contributed by atoms with Crippen LogP contribution in [0.1, 0.15) is 36.5 Å². The summed E-state index contributed by atoms with van der Waals surface area (Å²) in [5, 5.41) is 12.8. The van der Waals surface area contributed by atoms with Crippen molar-refractivity contribution in [3.8, 4) is 0 Å². The van der Waals surface area contributed by atoms with Gasteiger partial charge in [0.05, 0.1) is 18.7 Å². The Bertz CT molecular complexity index is 956. The van der Waals surface area contributed by atoms with Gasteiger partial charge in [-0.25, -0.2) is 4.79 Å². The number of aliphatic hydroxyl groups is 1. The smallest absolute Gasteiger partial charge is 0.318 e. The Morgan fingerprint density at radius 2 is 1.74 bits per heavy atom. The zero-order valence-electron chi connectivity index (χ0n) is 17.9. The van der Waals surface area contributed by atoms with Gasteiger partial charge in [-0.15, -0.1) is 0 Å². The van der Waals surface area contributed by atoms with E-state index in [0.29, 0.717) is 6.54 Å². The maximum Gasteiger partial charge on any atom is 0.318 e. The fraction of sp³-hybridized carbons (Fsp3) is 0.360. The van der Waals surface area contributed by atoms with Crippen molar-refractivity contribution in [3.63, 3.8) is 0 Å². The largest absolute Gasteiger partial charge is 0.394 e. The van der Waals surface area contributed by atoms with Crippen LogP contribution < -0.4 is 5.32 Å². The standard InChI is InChI=1S/C25H29N3O3/c1-17(2)26-25(31)27-14-21-24(22(16-29)28(21)23(30)15-27)20-12-10-19(11-13-20)9-8-18-6-4-3-5-7-18/h3-13,17,21-22,24,29H,14-16H2,1-2H3,(H,26,31)/b9-8+/t21-,22+,24+/m0/s1. The van der Waals surface area contributed by atoms with Crippen molar-refractivity contribution in [2.24, 2.45) is 0 Å². The second kappa shape index (κ2) is 8.94. The lowest BCUT2D eigenvalue weighted by molar-refractivity contribution is -0.159. The molecule has 4 rings (SSSR count). The van der Waals surface area contributed by atoms with Crippen molar-refractivity contribution in [1.29, 1.82) is 0 Å². The summed E-state index contributed by atoms with van der Waals surface area (Å²) in [6.07, 6.45) is 4.14. The van der Waals surface area contributed by atoms with E-state index in [1.165, 1.54) is 0 Å². The molecule has 2 fully saturated rings. The number of benzene rings is 2. The first kappa shape index (κ1) is 21.1. The van der Waals surface area contributed by atoms with E-state index in [9.17, 15) is 14.7 Å². The molecule has 0 bridgehead atoms. The summed E-state index contributed by atoms with van der Waals surface area (Å²) in [5.41, 5.74) is 3.31. The molecule has 0 saturated carbocycles. The molecule has 2 aliphatic rings. The number of fused-ring (bicyclic) bond motifs is 1. The number of hydrogen-bond donors (Lipinski definition) is 2. The topological polar surface area (TPSA) is 72.9 Å². The Hall–Kier alpha value is -3.12. The molecule has 0 spiro atoms. The van der Waals surface area contributed by atoms with Gasteiger partial charge in [-0.1, -0.05) is 66.7 Å². The molecule has 0 aliphatic carbocycles. The van der Waals surface area contributed by atoms with Crippen molar-refractivity contribution in [2.45, 2.75) is 37.9 Å². The first-order valence-electron chi connectivity index (χ1n) is 10.8. The normalized spacial score (nSPS) is 23.1. The third-order valence-corrected chi connectivity index (χ3v) is 6.04. The third-order valence-electron chi connectivity index (χ3n) is 6.04. The number of rotatable bonds is 5. The number of amides is 3. The molecule has 162 valence electrons. The van der Waals surface area contributed by atoms with Crippen LogP contribution in [-0.2, 0) is 4.79 Å². The summed E-state index contributed by atoms with van der Waals surface area (Å²) in [4.78, 5) is 28.4. The lowest BCUT2D eigenvalue weighted by Gasteiger charge is -2.58. The number of aliphatic hydroxyl groups excluding tert-OH is 1. The van der Waals surface area contributed by atoms with E-state index in [0.717, 1.165) is 16.7 Å².